The molecule has 1 heterocycles. The number of likely N-dealkylation sites (N-methyl/N-ethyl adjacent to an activating group) is 1. The molecule has 0 bridgehead atoms. The Morgan fingerprint density at radius 1 is 1.21 bits per heavy atom. The van der Waals surface area contributed by atoms with Crippen LogP contribution in [-0.2, 0) is 21.7 Å². The van der Waals surface area contributed by atoms with Crippen molar-refractivity contribution in [3.8, 4) is 0 Å². The molecule has 6 nitrogen and oxygen atoms in total. The summed E-state index contributed by atoms with van der Waals surface area (Å²) in [6, 6.07) is 11.6. The number of nitrogens with one attached hydrogen (secondary N) is 1. The van der Waals surface area contributed by atoms with E-state index in [2.05, 4.69) is 21.2 Å². The summed E-state index contributed by atoms with van der Waals surface area (Å²) in [5.74, 6) is -0.912. The molecular formula is C20H18BrCl2N3O3. The van der Waals surface area contributed by atoms with Gasteiger partial charge in [0.1, 0.15) is 12.1 Å². The lowest BCUT2D eigenvalue weighted by molar-refractivity contribution is -0.138. The number of benzene rings is 2. The molecule has 2 aromatic carbocycles. The molecule has 152 valence electrons. The topological polar surface area (TPSA) is 69.7 Å². The lowest BCUT2D eigenvalue weighted by atomic mass is 9.92. The van der Waals surface area contributed by atoms with Gasteiger partial charge in [0.15, 0.2) is 0 Å². The Labute approximate surface area is 186 Å². The van der Waals surface area contributed by atoms with Gasteiger partial charge in [-0.1, -0.05) is 63.4 Å². The van der Waals surface area contributed by atoms with Crippen LogP contribution in [0.15, 0.2) is 46.9 Å². The van der Waals surface area contributed by atoms with Crippen LogP contribution in [0, 0.1) is 0 Å². The number of carbonyl (C=O) groups excluding carboxylic acids is 3. The zero-order valence-corrected chi connectivity index (χ0v) is 18.8. The summed E-state index contributed by atoms with van der Waals surface area (Å²) in [6.45, 7) is 1.52. The maximum absolute atomic E-state index is 13.0. The van der Waals surface area contributed by atoms with E-state index in [0.717, 1.165) is 14.9 Å². The van der Waals surface area contributed by atoms with Gasteiger partial charge in [-0.3, -0.25) is 14.5 Å². The van der Waals surface area contributed by atoms with Gasteiger partial charge < -0.3 is 10.2 Å². The van der Waals surface area contributed by atoms with E-state index in [4.69, 9.17) is 23.2 Å². The molecule has 4 amide bonds. The fourth-order valence-electron chi connectivity index (χ4n) is 3.14. The predicted octanol–water partition coefficient (Wildman–Crippen LogP) is 4.18. The van der Waals surface area contributed by atoms with Crippen molar-refractivity contribution < 1.29 is 14.4 Å². The number of rotatable bonds is 5. The molecule has 1 aliphatic heterocycles. The molecule has 1 aliphatic rings. The number of urea groups is 1. The highest BCUT2D eigenvalue weighted by Gasteiger charge is 2.50. The lowest BCUT2D eigenvalue weighted by Crippen LogP contribution is -2.43. The molecule has 1 fully saturated rings. The van der Waals surface area contributed by atoms with Gasteiger partial charge in [0.2, 0.25) is 5.91 Å². The highest BCUT2D eigenvalue weighted by atomic mass is 79.9. The minimum Gasteiger partial charge on any atom is -0.340 e. The van der Waals surface area contributed by atoms with Crippen LogP contribution in [0.25, 0.3) is 0 Å². The molecule has 1 saturated heterocycles. The van der Waals surface area contributed by atoms with Crippen LogP contribution in [0.3, 0.4) is 0 Å². The van der Waals surface area contributed by atoms with E-state index in [0.29, 0.717) is 17.1 Å². The van der Waals surface area contributed by atoms with Gasteiger partial charge in [-0.05, 0) is 30.7 Å². The number of hydrogen-bond acceptors (Lipinski definition) is 3. The van der Waals surface area contributed by atoms with Crippen molar-refractivity contribution >= 4 is 57.0 Å². The Bertz CT molecular complexity index is 1000. The minimum absolute atomic E-state index is 0.257. The molecule has 9 heteroatoms. The Morgan fingerprint density at radius 3 is 2.55 bits per heavy atom. The Hall–Kier alpha value is -2.09. The third-order valence-corrected chi connectivity index (χ3v) is 6.15. The number of halogens is 3. The summed E-state index contributed by atoms with van der Waals surface area (Å²) in [6.07, 6.45) is 0. The Morgan fingerprint density at radius 2 is 1.90 bits per heavy atom. The standard InChI is InChI=1S/C20H18BrCl2N3O3/c1-20(14-8-7-13(22)9-16(14)23)18(28)26(19(29)24-20)11-17(27)25(2)10-12-5-3-4-6-15(12)21/h3-9H,10-11H2,1-2H3,(H,24,29). The fraction of sp³-hybridized carbons (Fsp3) is 0.250. The summed E-state index contributed by atoms with van der Waals surface area (Å²) in [4.78, 5) is 40.5. The van der Waals surface area contributed by atoms with Crippen LogP contribution in [0.4, 0.5) is 4.79 Å². The quantitative estimate of drug-likeness (QED) is 0.628. The molecule has 1 atom stereocenters. The highest BCUT2D eigenvalue weighted by Crippen LogP contribution is 2.35. The van der Waals surface area contributed by atoms with Crippen molar-refractivity contribution in [2.24, 2.45) is 0 Å². The maximum atomic E-state index is 13.0. The molecule has 0 aliphatic carbocycles. The molecule has 1 N–H and O–H groups in total. The number of amides is 4. The summed E-state index contributed by atoms with van der Waals surface area (Å²) < 4.78 is 0.875. The van der Waals surface area contributed by atoms with E-state index in [1.54, 1.807) is 26.1 Å². The second-order valence-electron chi connectivity index (χ2n) is 6.91. The van der Waals surface area contributed by atoms with Crippen LogP contribution in [0.2, 0.25) is 10.0 Å². The number of imide groups is 1. The number of nitrogens with zero attached hydrogens (tertiary/aromatic N) is 2. The monoisotopic (exact) mass is 497 g/mol. The van der Waals surface area contributed by atoms with Gasteiger partial charge in [-0.2, -0.15) is 0 Å². The summed E-state index contributed by atoms with van der Waals surface area (Å²) in [7, 11) is 1.62. The average molecular weight is 499 g/mol. The minimum atomic E-state index is -1.37. The Balaban J connectivity index is 1.76. The number of hydrogen-bond donors (Lipinski definition) is 1. The van der Waals surface area contributed by atoms with E-state index in [1.165, 1.54) is 11.0 Å². The average Bonchev–Trinajstić information content (AvgIpc) is 2.87. The molecule has 29 heavy (non-hydrogen) atoms. The molecule has 0 radical (unpaired) electrons. The van der Waals surface area contributed by atoms with Crippen LogP contribution >= 0.6 is 39.1 Å². The molecule has 0 aromatic heterocycles. The predicted molar refractivity (Wildman–Crippen MR) is 115 cm³/mol. The first-order valence-electron chi connectivity index (χ1n) is 8.70. The van der Waals surface area contributed by atoms with Crippen molar-refractivity contribution in [1.82, 2.24) is 15.1 Å². The van der Waals surface area contributed by atoms with E-state index in [-0.39, 0.29) is 17.5 Å². The normalized spacial score (nSPS) is 18.7. The Kier molecular flexibility index (Phi) is 6.22. The van der Waals surface area contributed by atoms with Gasteiger partial charge in [0.05, 0.1) is 0 Å². The largest absolute Gasteiger partial charge is 0.340 e. The van der Waals surface area contributed by atoms with Crippen molar-refractivity contribution in [2.75, 3.05) is 13.6 Å². The molecule has 1 unspecified atom stereocenters. The van der Waals surface area contributed by atoms with E-state index < -0.39 is 17.5 Å². The fourth-order valence-corrected chi connectivity index (χ4v) is 4.15. The molecule has 0 spiro atoms. The highest BCUT2D eigenvalue weighted by molar-refractivity contribution is 9.10. The van der Waals surface area contributed by atoms with Crippen molar-refractivity contribution in [1.29, 1.82) is 0 Å². The first-order chi connectivity index (χ1) is 13.6. The van der Waals surface area contributed by atoms with E-state index in [1.807, 2.05) is 24.3 Å². The van der Waals surface area contributed by atoms with Crippen LogP contribution in [0.5, 0.6) is 0 Å². The molecule has 0 saturated carbocycles. The molecule has 3 rings (SSSR count). The van der Waals surface area contributed by atoms with Crippen LogP contribution in [-0.4, -0.2) is 41.2 Å². The van der Waals surface area contributed by atoms with Crippen LogP contribution < -0.4 is 5.32 Å². The van der Waals surface area contributed by atoms with Crippen molar-refractivity contribution in [2.45, 2.75) is 19.0 Å². The maximum Gasteiger partial charge on any atom is 0.325 e. The molecule has 2 aromatic rings. The van der Waals surface area contributed by atoms with Gasteiger partial charge in [0.25, 0.3) is 5.91 Å². The van der Waals surface area contributed by atoms with E-state index >= 15 is 0 Å². The second-order valence-corrected chi connectivity index (χ2v) is 8.61. The smallest absolute Gasteiger partial charge is 0.325 e. The zero-order valence-electron chi connectivity index (χ0n) is 15.7. The third kappa shape index (κ3) is 4.27. The van der Waals surface area contributed by atoms with Gasteiger partial charge >= 0.3 is 6.03 Å². The zero-order chi connectivity index (χ0) is 21.3. The SMILES string of the molecule is CN(Cc1ccccc1Br)C(=O)CN1C(=O)NC(C)(c2ccc(Cl)cc2Cl)C1=O. The first-order valence-corrected chi connectivity index (χ1v) is 10.3. The lowest BCUT2D eigenvalue weighted by Gasteiger charge is -2.24. The van der Waals surface area contributed by atoms with Crippen LogP contribution in [0.1, 0.15) is 18.1 Å². The number of carbonyl (C=O) groups is 3. The van der Waals surface area contributed by atoms with Gasteiger partial charge in [0, 0.05) is 33.7 Å². The van der Waals surface area contributed by atoms with Gasteiger partial charge in [-0.15, -0.1) is 0 Å². The summed E-state index contributed by atoms with van der Waals surface area (Å²) in [5, 5.41) is 3.32. The second kappa shape index (κ2) is 8.34. The molecular weight excluding hydrogens is 481 g/mol. The summed E-state index contributed by atoms with van der Waals surface area (Å²) >= 11 is 15.6. The van der Waals surface area contributed by atoms with Crippen molar-refractivity contribution in [3.63, 3.8) is 0 Å². The first kappa shape index (κ1) is 21.6. The summed E-state index contributed by atoms with van der Waals surface area (Å²) in [5.41, 5.74) is -0.0446. The van der Waals surface area contributed by atoms with Crippen molar-refractivity contribution in [3.05, 3.63) is 68.1 Å². The van der Waals surface area contributed by atoms with Gasteiger partial charge in [-0.25, -0.2) is 4.79 Å². The third-order valence-electron chi connectivity index (χ3n) is 4.83. The van der Waals surface area contributed by atoms with E-state index in [9.17, 15) is 14.4 Å².